The molecule has 2 rings (SSSR count). The van der Waals surface area contributed by atoms with Crippen molar-refractivity contribution in [1.82, 2.24) is 5.16 Å². The second-order valence-corrected chi connectivity index (χ2v) is 3.40. The number of likely N-dealkylation sites (N-methyl/N-ethyl adjacent to an activating group) is 1. The van der Waals surface area contributed by atoms with Crippen LogP contribution in [0.15, 0.2) is 22.7 Å². The molecule has 1 aromatic heterocycles. The molecule has 0 spiro atoms. The van der Waals surface area contributed by atoms with Crippen LogP contribution < -0.4 is 4.90 Å². The van der Waals surface area contributed by atoms with Gasteiger partial charge in [0, 0.05) is 7.05 Å². The van der Waals surface area contributed by atoms with Crippen molar-refractivity contribution in [2.45, 2.75) is 0 Å². The summed E-state index contributed by atoms with van der Waals surface area (Å²) in [5.74, 6) is -1.09. The number of halogens is 1. The van der Waals surface area contributed by atoms with Gasteiger partial charge in [0.05, 0.1) is 5.39 Å². The zero-order valence-corrected chi connectivity index (χ0v) is 8.48. The van der Waals surface area contributed by atoms with Gasteiger partial charge in [0.2, 0.25) is 0 Å². The highest BCUT2D eigenvalue weighted by molar-refractivity contribution is 5.89. The van der Waals surface area contributed by atoms with Gasteiger partial charge in [0.15, 0.2) is 11.4 Å². The second kappa shape index (κ2) is 3.80. The summed E-state index contributed by atoms with van der Waals surface area (Å²) in [6, 6.07) is 3.98. The smallest absolute Gasteiger partial charge is 0.323 e. The van der Waals surface area contributed by atoms with E-state index in [1.807, 2.05) is 0 Å². The van der Waals surface area contributed by atoms with Crippen LogP contribution in [0.1, 0.15) is 0 Å². The lowest BCUT2D eigenvalue weighted by molar-refractivity contribution is -0.135. The zero-order valence-electron chi connectivity index (χ0n) is 8.48. The predicted octanol–water partition coefficient (Wildman–Crippen LogP) is 1.49. The molecule has 0 unspecified atom stereocenters. The molecule has 16 heavy (non-hydrogen) atoms. The van der Waals surface area contributed by atoms with Crippen molar-refractivity contribution in [3.05, 3.63) is 24.0 Å². The van der Waals surface area contributed by atoms with Crippen molar-refractivity contribution in [1.29, 1.82) is 0 Å². The van der Waals surface area contributed by atoms with E-state index in [1.54, 1.807) is 7.05 Å². The standard InChI is InChI=1S/C10H9FN2O3/c1-13(5-9(14)15)10-7-4-6(11)2-3-8(7)16-12-10/h2-4H,5H2,1H3,(H,14,15). The lowest BCUT2D eigenvalue weighted by Crippen LogP contribution is -2.25. The SMILES string of the molecule is CN(CC(=O)O)c1noc2ccc(F)cc12. The highest BCUT2D eigenvalue weighted by Crippen LogP contribution is 2.25. The maximum atomic E-state index is 13.0. The van der Waals surface area contributed by atoms with Gasteiger partial charge in [-0.1, -0.05) is 5.16 Å². The molecule has 0 saturated heterocycles. The van der Waals surface area contributed by atoms with E-state index in [0.717, 1.165) is 0 Å². The third-order valence-electron chi connectivity index (χ3n) is 2.15. The van der Waals surface area contributed by atoms with Crippen LogP contribution in [-0.2, 0) is 4.79 Å². The van der Waals surface area contributed by atoms with Crippen LogP contribution in [-0.4, -0.2) is 29.8 Å². The molecule has 0 bridgehead atoms. The van der Waals surface area contributed by atoms with Crippen LogP contribution >= 0.6 is 0 Å². The maximum absolute atomic E-state index is 13.0. The van der Waals surface area contributed by atoms with Crippen LogP contribution in [0, 0.1) is 5.82 Å². The van der Waals surface area contributed by atoms with E-state index >= 15 is 0 Å². The molecular weight excluding hydrogens is 215 g/mol. The number of anilines is 1. The fraction of sp³-hybridized carbons (Fsp3) is 0.200. The Kier molecular flexibility index (Phi) is 2.47. The summed E-state index contributed by atoms with van der Waals surface area (Å²) in [5.41, 5.74) is 0.425. The largest absolute Gasteiger partial charge is 0.480 e. The molecule has 2 aromatic rings. The van der Waals surface area contributed by atoms with Crippen molar-refractivity contribution in [2.75, 3.05) is 18.5 Å². The van der Waals surface area contributed by atoms with Crippen LogP contribution in [0.25, 0.3) is 11.0 Å². The molecule has 0 saturated carbocycles. The maximum Gasteiger partial charge on any atom is 0.323 e. The number of nitrogens with zero attached hydrogens (tertiary/aromatic N) is 2. The van der Waals surface area contributed by atoms with Crippen LogP contribution in [0.3, 0.4) is 0 Å². The summed E-state index contributed by atoms with van der Waals surface area (Å²) in [5, 5.41) is 12.8. The molecule has 0 fully saturated rings. The van der Waals surface area contributed by atoms with Crippen LogP contribution in [0.5, 0.6) is 0 Å². The van der Waals surface area contributed by atoms with Gasteiger partial charge in [-0.3, -0.25) is 4.79 Å². The highest BCUT2D eigenvalue weighted by Gasteiger charge is 2.14. The monoisotopic (exact) mass is 224 g/mol. The van der Waals surface area contributed by atoms with E-state index in [9.17, 15) is 9.18 Å². The van der Waals surface area contributed by atoms with Gasteiger partial charge in [0.1, 0.15) is 12.4 Å². The number of hydrogen-bond donors (Lipinski definition) is 1. The number of hydrogen-bond acceptors (Lipinski definition) is 4. The Bertz CT molecular complexity index is 538. The third-order valence-corrected chi connectivity index (χ3v) is 2.15. The molecule has 0 aliphatic rings. The first kappa shape index (κ1) is 10.4. The number of aromatic nitrogens is 1. The molecule has 0 aliphatic carbocycles. The lowest BCUT2D eigenvalue weighted by atomic mass is 10.2. The van der Waals surface area contributed by atoms with Crippen molar-refractivity contribution in [3.8, 4) is 0 Å². The van der Waals surface area contributed by atoms with Crippen LogP contribution in [0.4, 0.5) is 10.2 Å². The van der Waals surface area contributed by atoms with E-state index in [-0.39, 0.29) is 6.54 Å². The third kappa shape index (κ3) is 1.81. The quantitative estimate of drug-likeness (QED) is 0.855. The summed E-state index contributed by atoms with van der Waals surface area (Å²) in [6.07, 6.45) is 0. The normalized spacial score (nSPS) is 10.6. The molecule has 0 aliphatic heterocycles. The van der Waals surface area contributed by atoms with Gasteiger partial charge in [0.25, 0.3) is 0 Å². The van der Waals surface area contributed by atoms with E-state index < -0.39 is 11.8 Å². The zero-order chi connectivity index (χ0) is 11.7. The molecule has 0 radical (unpaired) electrons. The number of carbonyl (C=O) groups is 1. The Balaban J connectivity index is 2.44. The fourth-order valence-corrected chi connectivity index (χ4v) is 1.45. The molecule has 84 valence electrons. The summed E-state index contributed by atoms with van der Waals surface area (Å²) in [6.45, 7) is -0.224. The topological polar surface area (TPSA) is 66.6 Å². The number of rotatable bonds is 3. The van der Waals surface area contributed by atoms with Crippen molar-refractivity contribution < 1.29 is 18.8 Å². The van der Waals surface area contributed by atoms with E-state index in [2.05, 4.69) is 5.16 Å². The Morgan fingerprint density at radius 1 is 1.62 bits per heavy atom. The minimum atomic E-state index is -0.991. The van der Waals surface area contributed by atoms with Gasteiger partial charge >= 0.3 is 5.97 Å². The molecule has 1 heterocycles. The molecule has 6 heteroatoms. The summed E-state index contributed by atoms with van der Waals surface area (Å²) >= 11 is 0. The van der Waals surface area contributed by atoms with Gasteiger partial charge in [-0.05, 0) is 18.2 Å². The van der Waals surface area contributed by atoms with Gasteiger partial charge in [-0.15, -0.1) is 0 Å². The summed E-state index contributed by atoms with van der Waals surface area (Å²) in [7, 11) is 1.55. The molecular formula is C10H9FN2O3. The van der Waals surface area contributed by atoms with Gasteiger partial charge in [-0.2, -0.15) is 0 Å². The molecule has 0 amide bonds. The average Bonchev–Trinajstić information content (AvgIpc) is 2.59. The molecule has 1 N–H and O–H groups in total. The summed E-state index contributed by atoms with van der Waals surface area (Å²) < 4.78 is 18.0. The second-order valence-electron chi connectivity index (χ2n) is 3.40. The Morgan fingerprint density at radius 3 is 3.06 bits per heavy atom. The first-order valence-electron chi connectivity index (χ1n) is 4.56. The Labute approximate surface area is 90.1 Å². The van der Waals surface area contributed by atoms with Gasteiger partial charge in [-0.25, -0.2) is 4.39 Å². The minimum absolute atomic E-state index is 0.224. The molecule has 1 aromatic carbocycles. The van der Waals surface area contributed by atoms with Crippen molar-refractivity contribution >= 4 is 22.8 Å². The van der Waals surface area contributed by atoms with Gasteiger partial charge < -0.3 is 14.5 Å². The number of aliphatic carboxylic acids is 1. The average molecular weight is 224 g/mol. The first-order chi connectivity index (χ1) is 7.58. The van der Waals surface area contributed by atoms with Crippen molar-refractivity contribution in [2.24, 2.45) is 0 Å². The fourth-order valence-electron chi connectivity index (χ4n) is 1.45. The first-order valence-corrected chi connectivity index (χ1v) is 4.56. The Hall–Kier alpha value is -2.11. The highest BCUT2D eigenvalue weighted by atomic mass is 19.1. The molecule has 5 nitrogen and oxygen atoms in total. The predicted molar refractivity (Wildman–Crippen MR) is 54.9 cm³/mol. The van der Waals surface area contributed by atoms with E-state index in [4.69, 9.17) is 9.63 Å². The van der Waals surface area contributed by atoms with E-state index in [0.29, 0.717) is 16.8 Å². The minimum Gasteiger partial charge on any atom is -0.480 e. The molecule has 0 atom stereocenters. The Morgan fingerprint density at radius 2 is 2.38 bits per heavy atom. The van der Waals surface area contributed by atoms with Crippen LogP contribution in [0.2, 0.25) is 0 Å². The number of carboxylic acids is 1. The summed E-state index contributed by atoms with van der Waals surface area (Å²) in [4.78, 5) is 11.9. The number of benzene rings is 1. The lowest BCUT2D eigenvalue weighted by Gasteiger charge is -2.12. The van der Waals surface area contributed by atoms with Crippen molar-refractivity contribution in [3.63, 3.8) is 0 Å². The number of fused-ring (bicyclic) bond motifs is 1. The number of carboxylic acid groups (broad SMARTS) is 1. The van der Waals surface area contributed by atoms with E-state index in [1.165, 1.54) is 23.1 Å².